The number of hydrogen-bond acceptors (Lipinski definition) is 5. The van der Waals surface area contributed by atoms with Crippen LogP contribution in [0.1, 0.15) is 46.0 Å². The van der Waals surface area contributed by atoms with E-state index in [1.165, 1.54) is 6.42 Å². The van der Waals surface area contributed by atoms with Gasteiger partial charge in [0.25, 0.3) is 11.8 Å². The zero-order chi connectivity index (χ0) is 14.4. The van der Waals surface area contributed by atoms with Gasteiger partial charge in [-0.25, -0.2) is 11.7 Å². The van der Waals surface area contributed by atoms with Gasteiger partial charge in [-0.05, 0) is 26.7 Å². The highest BCUT2D eigenvalue weighted by Crippen LogP contribution is 2.26. The van der Waals surface area contributed by atoms with E-state index in [1.54, 1.807) is 13.8 Å². The van der Waals surface area contributed by atoms with Gasteiger partial charge in [0.2, 0.25) is 0 Å². The second kappa shape index (κ2) is 7.42. The summed E-state index contributed by atoms with van der Waals surface area (Å²) in [5, 5.41) is 0. The van der Waals surface area contributed by atoms with Crippen molar-refractivity contribution in [3.05, 3.63) is 0 Å². The zero-order valence-corrected chi connectivity index (χ0v) is 11.7. The van der Waals surface area contributed by atoms with Gasteiger partial charge in [-0.2, -0.15) is 0 Å². The first kappa shape index (κ1) is 15.9. The number of nitrogens with two attached hydrogens (primary N) is 2. The molecule has 110 valence electrons. The SMILES string of the molecule is CC(C(=O)NN)N(C1CCCCC1)C(C)C(=O)NN. The Morgan fingerprint density at radius 2 is 1.42 bits per heavy atom. The summed E-state index contributed by atoms with van der Waals surface area (Å²) in [4.78, 5) is 25.5. The topological polar surface area (TPSA) is 113 Å². The standard InChI is InChI=1S/C12H25N5O2/c1-8(11(18)15-13)17(9(2)12(19)16-14)10-6-4-3-5-7-10/h8-10H,3-7,13-14H2,1-2H3,(H,15,18)(H,16,19). The third kappa shape index (κ3) is 3.89. The second-order valence-electron chi connectivity index (χ2n) is 5.11. The summed E-state index contributed by atoms with van der Waals surface area (Å²) in [6.45, 7) is 3.52. The number of nitrogens with one attached hydrogen (secondary N) is 2. The molecule has 1 aliphatic carbocycles. The van der Waals surface area contributed by atoms with Crippen LogP contribution in [0, 0.1) is 0 Å². The monoisotopic (exact) mass is 271 g/mol. The van der Waals surface area contributed by atoms with E-state index in [1.807, 2.05) is 4.90 Å². The van der Waals surface area contributed by atoms with Gasteiger partial charge in [0, 0.05) is 6.04 Å². The van der Waals surface area contributed by atoms with E-state index in [2.05, 4.69) is 10.9 Å². The Bertz CT molecular complexity index is 295. The maximum atomic E-state index is 11.8. The van der Waals surface area contributed by atoms with Crippen LogP contribution in [-0.2, 0) is 9.59 Å². The van der Waals surface area contributed by atoms with Crippen molar-refractivity contribution < 1.29 is 9.59 Å². The molecular weight excluding hydrogens is 246 g/mol. The Labute approximate surface area is 114 Å². The van der Waals surface area contributed by atoms with Crippen LogP contribution in [0.15, 0.2) is 0 Å². The predicted octanol–water partition coefficient (Wildman–Crippen LogP) is -0.622. The van der Waals surface area contributed by atoms with E-state index < -0.39 is 12.1 Å². The van der Waals surface area contributed by atoms with Crippen LogP contribution in [-0.4, -0.2) is 34.8 Å². The minimum atomic E-state index is -0.458. The van der Waals surface area contributed by atoms with Gasteiger partial charge in [-0.1, -0.05) is 19.3 Å². The van der Waals surface area contributed by atoms with Gasteiger partial charge >= 0.3 is 0 Å². The molecule has 0 aliphatic heterocycles. The Kier molecular flexibility index (Phi) is 6.20. The molecule has 0 aromatic heterocycles. The molecule has 1 aliphatic rings. The third-order valence-electron chi connectivity index (χ3n) is 3.93. The van der Waals surface area contributed by atoms with Crippen LogP contribution in [0.3, 0.4) is 0 Å². The molecule has 2 unspecified atom stereocenters. The Morgan fingerprint density at radius 3 is 1.79 bits per heavy atom. The lowest BCUT2D eigenvalue weighted by Gasteiger charge is -2.40. The van der Waals surface area contributed by atoms with Gasteiger partial charge < -0.3 is 0 Å². The lowest BCUT2D eigenvalue weighted by molar-refractivity contribution is -0.134. The minimum absolute atomic E-state index is 0.216. The fraction of sp³-hybridized carbons (Fsp3) is 0.833. The fourth-order valence-corrected chi connectivity index (χ4v) is 2.86. The van der Waals surface area contributed by atoms with Gasteiger partial charge in [-0.15, -0.1) is 0 Å². The quantitative estimate of drug-likeness (QED) is 0.302. The van der Waals surface area contributed by atoms with Crippen molar-refractivity contribution in [2.75, 3.05) is 0 Å². The highest BCUT2D eigenvalue weighted by Gasteiger charge is 2.35. The lowest BCUT2D eigenvalue weighted by Crippen LogP contribution is -2.59. The van der Waals surface area contributed by atoms with Gasteiger partial charge in [0.05, 0.1) is 12.1 Å². The van der Waals surface area contributed by atoms with E-state index in [4.69, 9.17) is 11.7 Å². The van der Waals surface area contributed by atoms with Crippen molar-refractivity contribution in [1.29, 1.82) is 0 Å². The molecule has 1 fully saturated rings. The van der Waals surface area contributed by atoms with Crippen LogP contribution in [0.25, 0.3) is 0 Å². The number of carbonyl (C=O) groups is 2. The second-order valence-corrected chi connectivity index (χ2v) is 5.11. The van der Waals surface area contributed by atoms with Crippen molar-refractivity contribution in [2.24, 2.45) is 11.7 Å². The maximum Gasteiger partial charge on any atom is 0.250 e. The molecule has 7 nitrogen and oxygen atoms in total. The summed E-state index contributed by atoms with van der Waals surface area (Å²) >= 11 is 0. The largest absolute Gasteiger partial charge is 0.293 e. The van der Waals surface area contributed by atoms with Crippen LogP contribution in [0.5, 0.6) is 0 Å². The van der Waals surface area contributed by atoms with E-state index in [0.29, 0.717) is 0 Å². The first-order valence-electron chi connectivity index (χ1n) is 6.81. The summed E-state index contributed by atoms with van der Waals surface area (Å²) in [5.74, 6) is 9.82. The molecule has 0 bridgehead atoms. The van der Waals surface area contributed by atoms with Gasteiger partial charge in [-0.3, -0.25) is 25.3 Å². The molecule has 1 saturated carbocycles. The molecule has 0 spiro atoms. The number of carbonyl (C=O) groups excluding carboxylic acids is 2. The molecule has 0 radical (unpaired) electrons. The zero-order valence-electron chi connectivity index (χ0n) is 11.7. The molecule has 19 heavy (non-hydrogen) atoms. The molecule has 0 heterocycles. The van der Waals surface area contributed by atoms with Crippen molar-refractivity contribution in [2.45, 2.75) is 64.1 Å². The van der Waals surface area contributed by atoms with E-state index >= 15 is 0 Å². The molecule has 0 saturated heterocycles. The third-order valence-corrected chi connectivity index (χ3v) is 3.93. The van der Waals surface area contributed by atoms with Gasteiger partial charge in [0.15, 0.2) is 0 Å². The van der Waals surface area contributed by atoms with Crippen molar-refractivity contribution in [3.63, 3.8) is 0 Å². The molecule has 0 aromatic carbocycles. The molecule has 0 aromatic rings. The van der Waals surface area contributed by atoms with Crippen molar-refractivity contribution in [1.82, 2.24) is 15.8 Å². The summed E-state index contributed by atoms with van der Waals surface area (Å²) in [6.07, 6.45) is 5.43. The van der Waals surface area contributed by atoms with E-state index in [9.17, 15) is 9.59 Å². The highest BCUT2D eigenvalue weighted by atomic mass is 16.2. The van der Waals surface area contributed by atoms with Crippen LogP contribution >= 0.6 is 0 Å². The smallest absolute Gasteiger partial charge is 0.250 e. The number of hydrazine groups is 2. The van der Waals surface area contributed by atoms with Crippen LogP contribution < -0.4 is 22.5 Å². The maximum absolute atomic E-state index is 11.8. The first-order chi connectivity index (χ1) is 9.02. The molecule has 2 atom stereocenters. The van der Waals surface area contributed by atoms with Gasteiger partial charge in [0.1, 0.15) is 0 Å². The highest BCUT2D eigenvalue weighted by molar-refractivity contribution is 5.84. The molecular formula is C12H25N5O2. The molecule has 1 rings (SSSR count). The molecule has 7 heteroatoms. The molecule has 2 amide bonds. The van der Waals surface area contributed by atoms with Crippen molar-refractivity contribution in [3.8, 4) is 0 Å². The number of rotatable bonds is 5. The Morgan fingerprint density at radius 1 is 1.00 bits per heavy atom. The molecule has 6 N–H and O–H groups in total. The normalized spacial score (nSPS) is 19.8. The lowest BCUT2D eigenvalue weighted by atomic mass is 9.92. The predicted molar refractivity (Wildman–Crippen MR) is 72.3 cm³/mol. The average Bonchev–Trinajstić information content (AvgIpc) is 2.46. The van der Waals surface area contributed by atoms with Crippen LogP contribution in [0.4, 0.5) is 0 Å². The number of hydrogen-bond donors (Lipinski definition) is 4. The fourth-order valence-electron chi connectivity index (χ4n) is 2.86. The van der Waals surface area contributed by atoms with Crippen molar-refractivity contribution >= 4 is 11.8 Å². The number of amides is 2. The first-order valence-corrected chi connectivity index (χ1v) is 6.81. The summed E-state index contributed by atoms with van der Waals surface area (Å²) in [5.41, 5.74) is 4.31. The summed E-state index contributed by atoms with van der Waals surface area (Å²) in [6, 6.07) is -0.700. The minimum Gasteiger partial charge on any atom is -0.293 e. The summed E-state index contributed by atoms with van der Waals surface area (Å²) < 4.78 is 0. The van der Waals surface area contributed by atoms with E-state index in [-0.39, 0.29) is 17.9 Å². The van der Waals surface area contributed by atoms with Crippen LogP contribution in [0.2, 0.25) is 0 Å². The summed E-state index contributed by atoms with van der Waals surface area (Å²) in [7, 11) is 0. The Hall–Kier alpha value is -1.18. The number of nitrogens with zero attached hydrogens (tertiary/aromatic N) is 1. The average molecular weight is 271 g/mol. The van der Waals surface area contributed by atoms with E-state index in [0.717, 1.165) is 25.7 Å². The Balaban J connectivity index is 2.88.